The molecule has 0 saturated carbocycles. The second-order valence-electron chi connectivity index (χ2n) is 5.21. The molecule has 98 valence electrons. The molecule has 4 heteroatoms. The van der Waals surface area contributed by atoms with Crippen molar-refractivity contribution in [3.8, 4) is 0 Å². The fourth-order valence-corrected chi connectivity index (χ4v) is 2.26. The number of carbonyl (C=O) groups is 1. The van der Waals surface area contributed by atoms with Crippen molar-refractivity contribution in [2.24, 2.45) is 0 Å². The van der Waals surface area contributed by atoms with Gasteiger partial charge in [0.2, 0.25) is 0 Å². The van der Waals surface area contributed by atoms with Crippen LogP contribution in [0.4, 0.5) is 10.5 Å². The Kier molecular flexibility index (Phi) is 4.86. The van der Waals surface area contributed by atoms with E-state index in [1.807, 2.05) is 39.0 Å². The summed E-state index contributed by atoms with van der Waals surface area (Å²) in [5, 5.41) is 0. The van der Waals surface area contributed by atoms with Gasteiger partial charge in [0.15, 0.2) is 0 Å². The Labute approximate surface area is 118 Å². The molecule has 0 N–H and O–H groups in total. The van der Waals surface area contributed by atoms with Crippen molar-refractivity contribution in [1.82, 2.24) is 0 Å². The molecular weight excluding hydrogens is 289 g/mol. The van der Waals surface area contributed by atoms with Gasteiger partial charge < -0.3 is 0 Å². The summed E-state index contributed by atoms with van der Waals surface area (Å²) < 4.78 is 6.47. The zero-order valence-electron chi connectivity index (χ0n) is 11.7. The van der Waals surface area contributed by atoms with Gasteiger partial charge in [0, 0.05) is 0 Å². The fourth-order valence-electron chi connectivity index (χ4n) is 1.50. The van der Waals surface area contributed by atoms with E-state index in [1.54, 1.807) is 7.05 Å². The van der Waals surface area contributed by atoms with Crippen molar-refractivity contribution >= 4 is 33.0 Å². The van der Waals surface area contributed by atoms with Crippen LogP contribution in [0.5, 0.6) is 0 Å². The zero-order valence-corrected chi connectivity index (χ0v) is 13.5. The van der Waals surface area contributed by atoms with Crippen LogP contribution in [-0.2, 0) is 11.2 Å². The Balaban J connectivity index is 2.87. The Morgan fingerprint density at radius 1 is 1.39 bits per heavy atom. The summed E-state index contributed by atoms with van der Waals surface area (Å²) in [7, 11) is 1.72. The van der Waals surface area contributed by atoms with Gasteiger partial charge in [0.25, 0.3) is 0 Å². The molecule has 0 atom stereocenters. The molecule has 0 unspecified atom stereocenters. The van der Waals surface area contributed by atoms with E-state index in [1.165, 1.54) is 10.5 Å². The van der Waals surface area contributed by atoms with Crippen LogP contribution in [0.3, 0.4) is 0 Å². The Morgan fingerprint density at radius 3 is 2.44 bits per heavy atom. The molecule has 0 fully saturated rings. The molecule has 0 bridgehead atoms. The summed E-state index contributed by atoms with van der Waals surface area (Å²) in [6.07, 6.45) is 0.652. The molecule has 0 aromatic heterocycles. The van der Waals surface area contributed by atoms with Crippen LogP contribution in [-0.4, -0.2) is 35.6 Å². The van der Waals surface area contributed by atoms with E-state index < -0.39 is 5.60 Å². The summed E-state index contributed by atoms with van der Waals surface area (Å²) in [6, 6.07) is 5.98. The van der Waals surface area contributed by atoms with Gasteiger partial charge >= 0.3 is 118 Å². The summed E-state index contributed by atoms with van der Waals surface area (Å²) >= 11 is 2.54. The van der Waals surface area contributed by atoms with Crippen LogP contribution in [0.2, 0.25) is 0 Å². The second kappa shape index (κ2) is 5.79. The number of amides is 1. The van der Waals surface area contributed by atoms with Crippen LogP contribution in [0.15, 0.2) is 18.2 Å². The average Bonchev–Trinajstić information content (AvgIpc) is 2.25. The SMILES string of the molecule is CCc1ccc(N(C)C(=O)OC(C)(C)C)cc1[As]. The molecule has 3 nitrogen and oxygen atoms in total. The first-order valence-corrected chi connectivity index (χ1v) is 6.97. The van der Waals surface area contributed by atoms with Crippen LogP contribution < -0.4 is 9.25 Å². The first-order valence-electron chi connectivity index (χ1n) is 6.03. The minimum atomic E-state index is -0.472. The Hall–Kier alpha value is -0.952. The summed E-state index contributed by atoms with van der Waals surface area (Å²) in [4.78, 5) is 13.5. The van der Waals surface area contributed by atoms with Crippen molar-refractivity contribution in [3.63, 3.8) is 0 Å². The maximum atomic E-state index is 11.9. The molecule has 0 aliphatic heterocycles. The second-order valence-corrected chi connectivity index (χ2v) is 6.22. The topological polar surface area (TPSA) is 29.5 Å². The molecule has 0 aliphatic rings. The van der Waals surface area contributed by atoms with E-state index in [9.17, 15) is 4.79 Å². The third-order valence-electron chi connectivity index (χ3n) is 2.50. The molecule has 2 radical (unpaired) electrons. The quantitative estimate of drug-likeness (QED) is 0.785. The van der Waals surface area contributed by atoms with Gasteiger partial charge in [-0.25, -0.2) is 0 Å². The monoisotopic (exact) mass is 309 g/mol. The third kappa shape index (κ3) is 4.06. The normalized spacial score (nSPS) is 11.2. The molecule has 1 rings (SSSR count). The van der Waals surface area contributed by atoms with Crippen molar-refractivity contribution in [3.05, 3.63) is 23.8 Å². The predicted octanol–water partition coefficient (Wildman–Crippen LogP) is 2.41. The molecule has 0 aliphatic carbocycles. The van der Waals surface area contributed by atoms with Crippen molar-refractivity contribution in [1.29, 1.82) is 0 Å². The molecule has 0 heterocycles. The number of hydrogen-bond donors (Lipinski definition) is 0. The number of carbonyl (C=O) groups excluding carboxylic acids is 1. The number of rotatable bonds is 2. The van der Waals surface area contributed by atoms with Crippen LogP contribution in [0, 0.1) is 0 Å². The standard InChI is InChI=1S/C14H20AsNO2/c1-6-10-7-8-11(9-12(10)15)16(5)13(17)18-14(2,3)4/h7-9H,6H2,1-5H3. The van der Waals surface area contributed by atoms with Crippen LogP contribution >= 0.6 is 0 Å². The summed E-state index contributed by atoms with van der Waals surface area (Å²) in [6.45, 7) is 7.70. The van der Waals surface area contributed by atoms with E-state index in [2.05, 4.69) is 23.8 Å². The molecular formula is C14H20AsNO2. The molecule has 1 aromatic rings. The molecule has 0 spiro atoms. The average molecular weight is 309 g/mol. The Morgan fingerprint density at radius 2 is 2.00 bits per heavy atom. The molecule has 1 aromatic carbocycles. The first kappa shape index (κ1) is 15.1. The summed E-state index contributed by atoms with van der Waals surface area (Å²) in [5.41, 5.74) is 1.65. The molecule has 1 amide bonds. The van der Waals surface area contributed by atoms with E-state index in [0.717, 1.165) is 16.5 Å². The molecule has 18 heavy (non-hydrogen) atoms. The van der Waals surface area contributed by atoms with Gasteiger partial charge in [-0.05, 0) is 0 Å². The Bertz CT molecular complexity index is 438. The number of benzene rings is 1. The number of aryl methyl sites for hydroxylation is 1. The molecule has 0 saturated heterocycles. The number of hydrogen-bond acceptors (Lipinski definition) is 2. The van der Waals surface area contributed by atoms with Gasteiger partial charge in [-0.3, -0.25) is 0 Å². The predicted molar refractivity (Wildman–Crippen MR) is 75.8 cm³/mol. The van der Waals surface area contributed by atoms with Crippen LogP contribution in [0.1, 0.15) is 33.3 Å². The van der Waals surface area contributed by atoms with Crippen molar-refractivity contribution in [2.45, 2.75) is 39.7 Å². The zero-order chi connectivity index (χ0) is 13.9. The fraction of sp³-hybridized carbons (Fsp3) is 0.500. The van der Waals surface area contributed by atoms with E-state index in [-0.39, 0.29) is 6.09 Å². The van der Waals surface area contributed by atoms with Gasteiger partial charge in [-0.15, -0.1) is 0 Å². The van der Waals surface area contributed by atoms with Gasteiger partial charge in [0.05, 0.1) is 0 Å². The van der Waals surface area contributed by atoms with Gasteiger partial charge in [-0.1, -0.05) is 0 Å². The number of nitrogens with zero attached hydrogens (tertiary/aromatic N) is 1. The first-order chi connectivity index (χ1) is 8.24. The third-order valence-corrected chi connectivity index (χ3v) is 3.38. The van der Waals surface area contributed by atoms with E-state index in [0.29, 0.717) is 0 Å². The van der Waals surface area contributed by atoms with Crippen molar-refractivity contribution < 1.29 is 9.53 Å². The van der Waals surface area contributed by atoms with Crippen molar-refractivity contribution in [2.75, 3.05) is 11.9 Å². The number of anilines is 1. The van der Waals surface area contributed by atoms with Crippen LogP contribution in [0.25, 0.3) is 0 Å². The van der Waals surface area contributed by atoms with E-state index in [4.69, 9.17) is 4.74 Å². The summed E-state index contributed by atoms with van der Waals surface area (Å²) in [5.74, 6) is 0. The number of ether oxygens (including phenoxy) is 1. The van der Waals surface area contributed by atoms with Gasteiger partial charge in [-0.2, -0.15) is 0 Å². The van der Waals surface area contributed by atoms with E-state index >= 15 is 0 Å². The van der Waals surface area contributed by atoms with Gasteiger partial charge in [0.1, 0.15) is 0 Å². The maximum absolute atomic E-state index is 11.9. The minimum absolute atomic E-state index is 0.335.